The zero-order valence-electron chi connectivity index (χ0n) is 13.4. The lowest BCUT2D eigenvalue weighted by Crippen LogP contribution is -2.35. The van der Waals surface area contributed by atoms with Crippen LogP contribution in [0.3, 0.4) is 0 Å². The summed E-state index contributed by atoms with van der Waals surface area (Å²) in [5.41, 5.74) is 4.60. The van der Waals surface area contributed by atoms with E-state index in [2.05, 4.69) is 10.3 Å². The number of nitrogens with one attached hydrogen (secondary N) is 1. The second-order valence-electron chi connectivity index (χ2n) is 6.62. The number of amides is 1. The topological polar surface area (TPSA) is 88.2 Å². The molecule has 1 amide bonds. The first-order valence-electron chi connectivity index (χ1n) is 7.73. The van der Waals surface area contributed by atoms with Crippen molar-refractivity contribution in [1.29, 1.82) is 0 Å². The van der Waals surface area contributed by atoms with Crippen LogP contribution >= 0.6 is 0 Å². The number of rotatable bonds is 6. The number of nitrogens with zero attached hydrogens (tertiary/aromatic N) is 1. The van der Waals surface area contributed by atoms with Gasteiger partial charge in [0.25, 0.3) is 5.91 Å². The Morgan fingerprint density at radius 3 is 2.78 bits per heavy atom. The first-order chi connectivity index (χ1) is 10.7. The van der Waals surface area contributed by atoms with Gasteiger partial charge in [0.2, 0.25) is 0 Å². The van der Waals surface area contributed by atoms with Gasteiger partial charge in [0.15, 0.2) is 0 Å². The zero-order chi connectivity index (χ0) is 17.2. The molecule has 1 heterocycles. The number of aliphatic hydroxyl groups is 1. The van der Waals surface area contributed by atoms with Gasteiger partial charge in [0, 0.05) is 18.7 Å². The molecule has 2 rings (SSSR count). The summed E-state index contributed by atoms with van der Waals surface area (Å²) in [5, 5.41) is 12.8. The molecule has 128 valence electrons. The van der Waals surface area contributed by atoms with Gasteiger partial charge in [0.05, 0.1) is 22.5 Å². The van der Waals surface area contributed by atoms with Crippen molar-refractivity contribution in [1.82, 2.24) is 4.98 Å². The molecule has 1 fully saturated rings. The minimum atomic E-state index is -1.59. The van der Waals surface area contributed by atoms with Crippen LogP contribution in [0.5, 0.6) is 0 Å². The molecule has 1 aromatic rings. The van der Waals surface area contributed by atoms with Crippen molar-refractivity contribution in [3.8, 4) is 0 Å². The number of anilines is 1. The van der Waals surface area contributed by atoms with Gasteiger partial charge in [-0.1, -0.05) is 0 Å². The maximum atomic E-state index is 14.1. The predicted molar refractivity (Wildman–Crippen MR) is 83.8 cm³/mol. The number of pyridine rings is 1. The van der Waals surface area contributed by atoms with Gasteiger partial charge >= 0.3 is 0 Å². The highest BCUT2D eigenvalue weighted by molar-refractivity contribution is 5.99. The lowest BCUT2D eigenvalue weighted by molar-refractivity contribution is -0.00307. The Morgan fingerprint density at radius 2 is 2.26 bits per heavy atom. The molecule has 0 radical (unpaired) electrons. The van der Waals surface area contributed by atoms with E-state index < -0.39 is 23.9 Å². The van der Waals surface area contributed by atoms with E-state index in [4.69, 9.17) is 5.73 Å². The molecule has 1 aliphatic carbocycles. The van der Waals surface area contributed by atoms with Crippen molar-refractivity contribution in [2.75, 3.05) is 5.32 Å². The normalized spacial score (nSPS) is 22.8. The summed E-state index contributed by atoms with van der Waals surface area (Å²) in [6, 6.07) is 1.49. The molecule has 1 aliphatic rings. The molecule has 0 spiro atoms. The van der Waals surface area contributed by atoms with Gasteiger partial charge in [-0.2, -0.15) is 0 Å². The largest absolute Gasteiger partial charge is 0.387 e. The van der Waals surface area contributed by atoms with Gasteiger partial charge < -0.3 is 16.2 Å². The van der Waals surface area contributed by atoms with E-state index >= 15 is 0 Å². The number of alkyl halides is 2. The summed E-state index contributed by atoms with van der Waals surface area (Å²) in [7, 11) is 0. The highest BCUT2D eigenvalue weighted by Gasteiger charge is 2.30. The van der Waals surface area contributed by atoms with Gasteiger partial charge in [-0.15, -0.1) is 0 Å². The molecule has 2 unspecified atom stereocenters. The SMILES string of the molecule is CC(C)(O)[C@@H](F)Cc1nccc(NC2CCC(F)C2)c1C(N)=O. The molecule has 1 aromatic heterocycles. The third-order valence-electron chi connectivity index (χ3n) is 4.14. The Labute approximate surface area is 134 Å². The van der Waals surface area contributed by atoms with E-state index in [9.17, 15) is 18.7 Å². The molecule has 0 bridgehead atoms. The van der Waals surface area contributed by atoms with Crippen LogP contribution in [-0.4, -0.2) is 40.0 Å². The molecule has 0 aliphatic heterocycles. The van der Waals surface area contributed by atoms with E-state index in [1.165, 1.54) is 20.0 Å². The van der Waals surface area contributed by atoms with Crippen molar-refractivity contribution >= 4 is 11.6 Å². The first-order valence-corrected chi connectivity index (χ1v) is 7.73. The summed E-state index contributed by atoms with van der Waals surface area (Å²) >= 11 is 0. The second-order valence-corrected chi connectivity index (χ2v) is 6.62. The molecular weight excluding hydrogens is 304 g/mol. The van der Waals surface area contributed by atoms with Crippen LogP contribution in [0.15, 0.2) is 12.3 Å². The lowest BCUT2D eigenvalue weighted by atomic mass is 9.96. The predicted octanol–water partition coefficient (Wildman–Crippen LogP) is 2.13. The molecule has 0 saturated heterocycles. The monoisotopic (exact) mass is 327 g/mol. The maximum Gasteiger partial charge on any atom is 0.252 e. The van der Waals surface area contributed by atoms with Crippen LogP contribution in [0.4, 0.5) is 14.5 Å². The quantitative estimate of drug-likeness (QED) is 0.747. The lowest BCUT2D eigenvalue weighted by Gasteiger charge is -2.23. The summed E-state index contributed by atoms with van der Waals surface area (Å²) in [5.74, 6) is -0.728. The second kappa shape index (κ2) is 6.78. The van der Waals surface area contributed by atoms with Crippen molar-refractivity contribution in [2.45, 2.75) is 63.5 Å². The minimum Gasteiger partial charge on any atom is -0.387 e. The number of halogens is 2. The molecule has 1 saturated carbocycles. The van der Waals surface area contributed by atoms with Crippen LogP contribution in [0.25, 0.3) is 0 Å². The third-order valence-corrected chi connectivity index (χ3v) is 4.14. The summed E-state index contributed by atoms with van der Waals surface area (Å²) < 4.78 is 27.4. The average molecular weight is 327 g/mol. The summed E-state index contributed by atoms with van der Waals surface area (Å²) in [6.07, 6.45) is 0.280. The number of carbonyl (C=O) groups excluding carboxylic acids is 1. The number of carbonyl (C=O) groups is 1. The standard InChI is InChI=1S/C16H23F2N3O2/c1-16(2,23)13(18)8-12-14(15(19)22)11(5-6-20-12)21-10-4-3-9(17)7-10/h5-6,9-10,13,23H,3-4,7-8H2,1-2H3,(H2,19,22)(H,20,21)/t9?,10?,13-/m0/s1. The van der Waals surface area contributed by atoms with Crippen molar-refractivity contribution in [3.05, 3.63) is 23.5 Å². The first kappa shape index (κ1) is 17.6. The Hall–Kier alpha value is -1.76. The molecule has 23 heavy (non-hydrogen) atoms. The third kappa shape index (κ3) is 4.37. The number of nitrogens with two attached hydrogens (primary N) is 1. The molecule has 3 atom stereocenters. The van der Waals surface area contributed by atoms with E-state index in [1.807, 2.05) is 0 Å². The van der Waals surface area contributed by atoms with Gasteiger partial charge in [-0.05, 0) is 39.2 Å². The fourth-order valence-electron chi connectivity index (χ4n) is 2.75. The van der Waals surface area contributed by atoms with E-state index in [-0.39, 0.29) is 23.7 Å². The Kier molecular flexibility index (Phi) is 5.19. The summed E-state index contributed by atoms with van der Waals surface area (Å²) in [6.45, 7) is 2.70. The maximum absolute atomic E-state index is 14.1. The van der Waals surface area contributed by atoms with Crippen LogP contribution in [0.2, 0.25) is 0 Å². The van der Waals surface area contributed by atoms with Crippen molar-refractivity contribution < 1.29 is 18.7 Å². The van der Waals surface area contributed by atoms with E-state index in [0.29, 0.717) is 24.9 Å². The van der Waals surface area contributed by atoms with Crippen molar-refractivity contribution in [2.24, 2.45) is 5.73 Å². The van der Waals surface area contributed by atoms with Gasteiger partial charge in [-0.3, -0.25) is 9.78 Å². The summed E-state index contributed by atoms with van der Waals surface area (Å²) in [4.78, 5) is 15.8. The van der Waals surface area contributed by atoms with Crippen LogP contribution in [0.1, 0.15) is 49.2 Å². The fraction of sp³-hybridized carbons (Fsp3) is 0.625. The van der Waals surface area contributed by atoms with Crippen LogP contribution < -0.4 is 11.1 Å². The molecule has 5 nitrogen and oxygen atoms in total. The highest BCUT2D eigenvalue weighted by atomic mass is 19.1. The number of primary amides is 1. The van der Waals surface area contributed by atoms with Gasteiger partial charge in [0.1, 0.15) is 12.3 Å². The Balaban J connectivity index is 2.26. The molecule has 4 N–H and O–H groups in total. The Bertz CT molecular complexity index is 575. The van der Waals surface area contributed by atoms with E-state index in [1.54, 1.807) is 6.07 Å². The average Bonchev–Trinajstić information content (AvgIpc) is 2.82. The molecular formula is C16H23F2N3O2. The molecule has 7 heteroatoms. The highest BCUT2D eigenvalue weighted by Crippen LogP contribution is 2.28. The van der Waals surface area contributed by atoms with Gasteiger partial charge in [-0.25, -0.2) is 8.78 Å². The smallest absolute Gasteiger partial charge is 0.252 e. The van der Waals surface area contributed by atoms with Crippen molar-refractivity contribution in [3.63, 3.8) is 0 Å². The number of hydrogen-bond acceptors (Lipinski definition) is 4. The van der Waals surface area contributed by atoms with Crippen LogP contribution in [-0.2, 0) is 6.42 Å². The number of hydrogen-bond donors (Lipinski definition) is 3. The van der Waals surface area contributed by atoms with Crippen LogP contribution in [0, 0.1) is 0 Å². The number of aromatic nitrogens is 1. The minimum absolute atomic E-state index is 0.0891. The Morgan fingerprint density at radius 1 is 1.57 bits per heavy atom. The fourth-order valence-corrected chi connectivity index (χ4v) is 2.75. The zero-order valence-corrected chi connectivity index (χ0v) is 13.4. The van der Waals surface area contributed by atoms with E-state index in [0.717, 1.165) is 0 Å². The molecule has 0 aromatic carbocycles.